The van der Waals surface area contributed by atoms with Crippen molar-refractivity contribution in [1.29, 1.82) is 0 Å². The molecule has 182 valence electrons. The molecule has 0 atom stereocenters. The number of hydrogen-bond donors (Lipinski definition) is 2. The summed E-state index contributed by atoms with van der Waals surface area (Å²) in [6.45, 7) is 5.50. The smallest absolute Gasteiger partial charge is 0.278 e. The third-order valence-electron chi connectivity index (χ3n) is 6.05. The Morgan fingerprint density at radius 2 is 1.34 bits per heavy atom. The van der Waals surface area contributed by atoms with Crippen LogP contribution in [0.2, 0.25) is 0 Å². The number of hydroxylamine groups is 1. The summed E-state index contributed by atoms with van der Waals surface area (Å²) in [5.74, 6) is 0.411. The molecule has 0 spiro atoms. The number of aromatic amines is 2. The van der Waals surface area contributed by atoms with Crippen LogP contribution < -0.4 is 10.6 Å². The van der Waals surface area contributed by atoms with Gasteiger partial charge in [0.1, 0.15) is 0 Å². The summed E-state index contributed by atoms with van der Waals surface area (Å²) in [6, 6.07) is 0. The summed E-state index contributed by atoms with van der Waals surface area (Å²) in [6.07, 6.45) is 23.2. The number of H-pyrrole nitrogens is 2. The first-order valence-corrected chi connectivity index (χ1v) is 13.1. The Morgan fingerprint density at radius 3 is 1.88 bits per heavy atom. The first-order valence-electron chi connectivity index (χ1n) is 13.1. The molecule has 0 radical (unpaired) electrons. The number of hydrogen-bond acceptors (Lipinski definition) is 5. The summed E-state index contributed by atoms with van der Waals surface area (Å²) in [7, 11) is 0. The molecule has 0 bridgehead atoms. The predicted octanol–water partition coefficient (Wildman–Crippen LogP) is 6.67. The third-order valence-corrected chi connectivity index (χ3v) is 6.05. The normalized spacial score (nSPS) is 11.4. The molecule has 7 nitrogen and oxygen atoms in total. The molecule has 7 heteroatoms. The number of fused-ring (bicyclic) bond motifs is 1. The summed E-state index contributed by atoms with van der Waals surface area (Å²) in [4.78, 5) is 31.9. The molecular weight excluding hydrogens is 402 g/mol. The summed E-state index contributed by atoms with van der Waals surface area (Å²) < 4.78 is 0. The van der Waals surface area contributed by atoms with Gasteiger partial charge in [-0.3, -0.25) is 14.6 Å². The maximum atomic E-state index is 12.1. The monoisotopic (exact) mass is 447 g/mol. The van der Waals surface area contributed by atoms with Gasteiger partial charge in [0.05, 0.1) is 12.9 Å². The van der Waals surface area contributed by atoms with Crippen molar-refractivity contribution in [1.82, 2.24) is 19.9 Å². The highest BCUT2D eigenvalue weighted by molar-refractivity contribution is 5.69. The van der Waals surface area contributed by atoms with E-state index in [0.717, 1.165) is 6.42 Å². The Hall–Kier alpha value is -1.89. The van der Waals surface area contributed by atoms with Crippen LogP contribution in [0.3, 0.4) is 0 Å². The number of nitrogens with zero attached hydrogens (tertiary/aromatic N) is 3. The summed E-state index contributed by atoms with van der Waals surface area (Å²) in [5, 5.41) is 1.64. The van der Waals surface area contributed by atoms with Gasteiger partial charge in [0.25, 0.3) is 5.56 Å². The minimum Gasteiger partial charge on any atom is -0.339 e. The van der Waals surface area contributed by atoms with Crippen LogP contribution in [-0.2, 0) is 4.84 Å². The van der Waals surface area contributed by atoms with Crippen molar-refractivity contribution in [2.75, 3.05) is 18.2 Å². The van der Waals surface area contributed by atoms with Crippen LogP contribution in [0.5, 0.6) is 0 Å². The lowest BCUT2D eigenvalue weighted by Crippen LogP contribution is -2.28. The fraction of sp³-hybridized carbons (Fsp3) is 0.800. The maximum absolute atomic E-state index is 12.1. The van der Waals surface area contributed by atoms with E-state index in [0.29, 0.717) is 30.3 Å². The van der Waals surface area contributed by atoms with Gasteiger partial charge < -0.3 is 4.98 Å². The molecule has 0 saturated heterocycles. The lowest BCUT2D eigenvalue weighted by molar-refractivity contribution is 0.103. The second kappa shape index (κ2) is 16.7. The Balaban J connectivity index is 1.42. The number of aromatic nitrogens is 4. The fourth-order valence-corrected chi connectivity index (χ4v) is 4.08. The zero-order valence-corrected chi connectivity index (χ0v) is 20.5. The van der Waals surface area contributed by atoms with E-state index in [1.165, 1.54) is 103 Å². The van der Waals surface area contributed by atoms with Crippen molar-refractivity contribution >= 4 is 17.1 Å². The topological polar surface area (TPSA) is 86.9 Å². The van der Waals surface area contributed by atoms with E-state index in [2.05, 4.69) is 26.9 Å². The van der Waals surface area contributed by atoms with Crippen molar-refractivity contribution in [3.8, 4) is 0 Å². The van der Waals surface area contributed by atoms with E-state index in [-0.39, 0.29) is 5.56 Å². The van der Waals surface area contributed by atoms with Gasteiger partial charge in [-0.05, 0) is 13.3 Å². The average molecular weight is 448 g/mol. The quantitative estimate of drug-likeness (QED) is 0.175. The van der Waals surface area contributed by atoms with Gasteiger partial charge in [-0.1, -0.05) is 103 Å². The van der Waals surface area contributed by atoms with Crippen LogP contribution in [0.25, 0.3) is 11.2 Å². The first kappa shape index (κ1) is 26.4. The molecule has 0 aliphatic heterocycles. The number of unbranched alkanes of at least 4 members (excludes halogenated alkanes) is 15. The highest BCUT2D eigenvalue weighted by Gasteiger charge is 2.12. The molecule has 2 rings (SSSR count). The second-order valence-electron chi connectivity index (χ2n) is 8.82. The average Bonchev–Trinajstić information content (AvgIpc) is 3.28. The number of nitrogens with one attached hydrogen (secondary N) is 2. The van der Waals surface area contributed by atoms with E-state index in [1.807, 2.05) is 6.92 Å². The van der Waals surface area contributed by atoms with Gasteiger partial charge in [-0.2, -0.15) is 4.98 Å². The van der Waals surface area contributed by atoms with Crippen molar-refractivity contribution in [3.05, 3.63) is 16.7 Å². The van der Waals surface area contributed by atoms with Gasteiger partial charge >= 0.3 is 0 Å². The summed E-state index contributed by atoms with van der Waals surface area (Å²) >= 11 is 0. The number of imidazole rings is 1. The van der Waals surface area contributed by atoms with Crippen LogP contribution in [0.1, 0.15) is 117 Å². The Labute approximate surface area is 193 Å². The van der Waals surface area contributed by atoms with Crippen molar-refractivity contribution in [3.63, 3.8) is 0 Å². The van der Waals surface area contributed by atoms with Crippen molar-refractivity contribution in [2.24, 2.45) is 0 Å². The Bertz CT molecular complexity index is 773. The van der Waals surface area contributed by atoms with Crippen molar-refractivity contribution < 1.29 is 4.84 Å². The van der Waals surface area contributed by atoms with Crippen LogP contribution in [0, 0.1) is 0 Å². The minimum absolute atomic E-state index is 0.230. The maximum Gasteiger partial charge on any atom is 0.278 e. The number of rotatable bonds is 20. The molecule has 32 heavy (non-hydrogen) atoms. The lowest BCUT2D eigenvalue weighted by atomic mass is 10.0. The molecule has 0 aliphatic carbocycles. The number of anilines is 1. The van der Waals surface area contributed by atoms with E-state index >= 15 is 0 Å². The highest BCUT2D eigenvalue weighted by atomic mass is 16.7. The molecule has 2 heterocycles. The van der Waals surface area contributed by atoms with Gasteiger partial charge in [-0.25, -0.2) is 10.0 Å². The Morgan fingerprint density at radius 1 is 0.812 bits per heavy atom. The standard InChI is InChI=1S/C25H45N5O2/c1-3-5-6-7-8-9-10-11-12-13-14-15-16-17-18-19-20-32-30(4-2)25-28-23-22(24(31)29-25)26-21-27-23/h21H,3-20H2,1-2H3,(H2,26,27,28,29,31). The Kier molecular flexibility index (Phi) is 13.8. The van der Waals surface area contributed by atoms with Crippen LogP contribution in [0.4, 0.5) is 5.95 Å². The molecule has 0 fully saturated rings. The molecule has 0 aliphatic rings. The minimum atomic E-state index is -0.230. The molecule has 2 aromatic rings. The molecule has 0 amide bonds. The third kappa shape index (κ3) is 10.2. The molecular formula is C25H45N5O2. The zero-order valence-electron chi connectivity index (χ0n) is 20.5. The van der Waals surface area contributed by atoms with Crippen LogP contribution in [-0.4, -0.2) is 33.1 Å². The summed E-state index contributed by atoms with van der Waals surface area (Å²) in [5.41, 5.74) is 0.572. The van der Waals surface area contributed by atoms with Gasteiger partial charge in [0, 0.05) is 6.54 Å². The van der Waals surface area contributed by atoms with Crippen LogP contribution in [0.15, 0.2) is 11.1 Å². The zero-order chi connectivity index (χ0) is 22.9. The highest BCUT2D eigenvalue weighted by Crippen LogP contribution is 2.14. The molecule has 0 saturated carbocycles. The lowest BCUT2D eigenvalue weighted by Gasteiger charge is -2.20. The van der Waals surface area contributed by atoms with E-state index in [1.54, 1.807) is 5.06 Å². The van der Waals surface area contributed by atoms with E-state index in [4.69, 9.17) is 4.84 Å². The first-order chi connectivity index (χ1) is 15.8. The largest absolute Gasteiger partial charge is 0.339 e. The van der Waals surface area contributed by atoms with Gasteiger partial charge in [0.2, 0.25) is 5.95 Å². The van der Waals surface area contributed by atoms with Crippen LogP contribution >= 0.6 is 0 Å². The molecule has 2 N–H and O–H groups in total. The van der Waals surface area contributed by atoms with Crippen molar-refractivity contribution in [2.45, 2.75) is 117 Å². The van der Waals surface area contributed by atoms with E-state index < -0.39 is 0 Å². The molecule has 2 aromatic heterocycles. The van der Waals surface area contributed by atoms with E-state index in [9.17, 15) is 4.79 Å². The van der Waals surface area contributed by atoms with Gasteiger partial charge in [-0.15, -0.1) is 0 Å². The second-order valence-corrected chi connectivity index (χ2v) is 8.82. The SMILES string of the molecule is CCCCCCCCCCCCCCCCCCON(CC)c1nc2nc[nH]c2c(=O)[nH]1. The molecule has 0 aromatic carbocycles. The molecule has 0 unspecified atom stereocenters. The predicted molar refractivity (Wildman–Crippen MR) is 133 cm³/mol. The van der Waals surface area contributed by atoms with Gasteiger partial charge in [0.15, 0.2) is 11.2 Å². The fourth-order valence-electron chi connectivity index (χ4n) is 4.08.